The summed E-state index contributed by atoms with van der Waals surface area (Å²) < 4.78 is 6.35. The number of ketones is 1. The summed E-state index contributed by atoms with van der Waals surface area (Å²) in [5.74, 6) is 0.846. The Morgan fingerprint density at radius 1 is 1.19 bits per heavy atom. The average molecular weight is 494 g/mol. The Morgan fingerprint density at radius 2 is 2.00 bits per heavy atom. The van der Waals surface area contributed by atoms with Crippen LogP contribution in [0.4, 0.5) is 0 Å². The zero-order valence-electron chi connectivity index (χ0n) is 22.2. The number of aromatic amines is 1. The van der Waals surface area contributed by atoms with Crippen molar-refractivity contribution in [2.75, 3.05) is 0 Å². The van der Waals surface area contributed by atoms with E-state index >= 15 is 0 Å². The van der Waals surface area contributed by atoms with Crippen molar-refractivity contribution in [3.05, 3.63) is 60.0 Å². The number of rotatable bonds is 9. The number of carboxylic acids is 1. The number of carbonyl (C=O) groups excluding carboxylic acids is 1. The monoisotopic (exact) mass is 493 g/mol. The van der Waals surface area contributed by atoms with Crippen LogP contribution in [0.25, 0.3) is 0 Å². The van der Waals surface area contributed by atoms with E-state index in [0.29, 0.717) is 29.4 Å². The van der Waals surface area contributed by atoms with Gasteiger partial charge in [-0.05, 0) is 80.4 Å². The van der Waals surface area contributed by atoms with E-state index < -0.39 is 11.9 Å². The van der Waals surface area contributed by atoms with E-state index in [0.717, 1.165) is 25.7 Å². The first-order chi connectivity index (χ1) is 17.3. The lowest BCUT2D eigenvalue weighted by atomic mass is 9.68. The van der Waals surface area contributed by atoms with E-state index in [1.807, 2.05) is 18.3 Å². The number of Topliss-reactive ketones (excluding diaryl/α,β-unsaturated/α-hetero) is 1. The molecule has 2 heterocycles. The lowest BCUT2D eigenvalue weighted by Crippen LogP contribution is -2.40. The van der Waals surface area contributed by atoms with Crippen molar-refractivity contribution in [3.63, 3.8) is 0 Å². The molecule has 1 aliphatic heterocycles. The van der Waals surface area contributed by atoms with E-state index in [4.69, 9.17) is 4.74 Å². The quantitative estimate of drug-likeness (QED) is 0.224. The summed E-state index contributed by atoms with van der Waals surface area (Å²) in [4.78, 5) is 28.3. The number of aromatic nitrogens is 1. The van der Waals surface area contributed by atoms with Gasteiger partial charge in [-0.15, -0.1) is 0 Å². The zero-order chi connectivity index (χ0) is 25.8. The second kappa shape index (κ2) is 11.8. The lowest BCUT2D eigenvalue weighted by Gasteiger charge is -2.38. The van der Waals surface area contributed by atoms with Gasteiger partial charge in [-0.2, -0.15) is 0 Å². The third kappa shape index (κ3) is 5.46. The van der Waals surface area contributed by atoms with Crippen molar-refractivity contribution < 1.29 is 19.4 Å². The van der Waals surface area contributed by atoms with Gasteiger partial charge in [0, 0.05) is 18.0 Å². The van der Waals surface area contributed by atoms with Crippen LogP contribution >= 0.6 is 0 Å². The number of carboxylic acid groups (broad SMARTS) is 1. The zero-order valence-corrected chi connectivity index (χ0v) is 22.2. The van der Waals surface area contributed by atoms with Gasteiger partial charge in [0.05, 0.1) is 23.8 Å². The average Bonchev–Trinajstić information content (AvgIpc) is 3.56. The highest BCUT2D eigenvalue weighted by Gasteiger charge is 2.45. The first-order valence-electron chi connectivity index (χ1n) is 14.0. The largest absolute Gasteiger partial charge is 0.481 e. The molecule has 2 N–H and O–H groups in total. The molecular formula is C31H43NO4. The highest BCUT2D eigenvalue weighted by atomic mass is 16.5. The molecule has 36 heavy (non-hydrogen) atoms. The van der Waals surface area contributed by atoms with Gasteiger partial charge in [0.25, 0.3) is 0 Å². The van der Waals surface area contributed by atoms with E-state index in [1.54, 1.807) is 6.92 Å². The predicted octanol–water partition coefficient (Wildman–Crippen LogP) is 6.85. The molecule has 196 valence electrons. The van der Waals surface area contributed by atoms with E-state index in [2.05, 4.69) is 56.1 Å². The third-order valence-corrected chi connectivity index (χ3v) is 9.14. The molecule has 1 saturated carbocycles. The summed E-state index contributed by atoms with van der Waals surface area (Å²) in [6.07, 6.45) is 18.7. The molecule has 2 fully saturated rings. The molecule has 0 amide bonds. The van der Waals surface area contributed by atoms with Gasteiger partial charge < -0.3 is 14.8 Å². The van der Waals surface area contributed by atoms with Crippen LogP contribution in [0.1, 0.15) is 76.7 Å². The van der Waals surface area contributed by atoms with Gasteiger partial charge in [0.1, 0.15) is 0 Å². The van der Waals surface area contributed by atoms with Crippen LogP contribution in [-0.2, 0) is 9.53 Å². The molecule has 2 aliphatic carbocycles. The topological polar surface area (TPSA) is 79.4 Å². The molecule has 0 radical (unpaired) electrons. The number of nitrogens with one attached hydrogen (secondary N) is 1. The molecule has 3 aliphatic rings. The standard InChI is InChI=1S/C31H43NO4/c1-5-21-13-16-25-24(21)15-14-23(28(25)29(33)26-11-8-18-32-26)10-7-9-22(6-2)30-19(3)12-17-27(36-30)20(4)31(34)35/h7-11,14-15,18-21,23-25,27-28,30,32H,5-6,12-13,16-17H2,1-4H3,(H,34,35)/b10-7+,22-9+/t19-,20?,21-,23?,24?,25?,27?,28?,30?/m0/s1. The molecule has 5 nitrogen and oxygen atoms in total. The number of fused-ring (bicyclic) bond motifs is 1. The minimum absolute atomic E-state index is 0.0458. The third-order valence-electron chi connectivity index (χ3n) is 9.14. The lowest BCUT2D eigenvalue weighted by molar-refractivity contribution is -0.152. The van der Waals surface area contributed by atoms with Gasteiger partial charge in [0.2, 0.25) is 0 Å². The molecular weight excluding hydrogens is 450 g/mol. The summed E-state index contributed by atoms with van der Waals surface area (Å²) in [7, 11) is 0. The Kier molecular flexibility index (Phi) is 8.71. The molecule has 0 bridgehead atoms. The maximum absolute atomic E-state index is 13.6. The maximum Gasteiger partial charge on any atom is 0.308 e. The molecule has 5 heteroatoms. The molecule has 7 unspecified atom stereocenters. The minimum Gasteiger partial charge on any atom is -0.481 e. The number of hydrogen-bond acceptors (Lipinski definition) is 3. The smallest absolute Gasteiger partial charge is 0.308 e. The normalized spacial score (nSPS) is 35.6. The van der Waals surface area contributed by atoms with Crippen molar-refractivity contribution in [1.29, 1.82) is 0 Å². The first-order valence-corrected chi connectivity index (χ1v) is 14.0. The van der Waals surface area contributed by atoms with Gasteiger partial charge >= 0.3 is 5.97 Å². The fourth-order valence-corrected chi connectivity index (χ4v) is 6.88. The fraction of sp³-hybridized carbons (Fsp3) is 0.613. The van der Waals surface area contributed by atoms with Crippen LogP contribution in [0.3, 0.4) is 0 Å². The van der Waals surface area contributed by atoms with Crippen LogP contribution in [0.5, 0.6) is 0 Å². The molecule has 1 aromatic rings. The molecule has 1 saturated heterocycles. The molecule has 1 aromatic heterocycles. The minimum atomic E-state index is -0.799. The number of hydrogen-bond donors (Lipinski definition) is 2. The van der Waals surface area contributed by atoms with Crippen LogP contribution in [0.15, 0.2) is 54.3 Å². The predicted molar refractivity (Wildman–Crippen MR) is 143 cm³/mol. The van der Waals surface area contributed by atoms with E-state index in [9.17, 15) is 14.7 Å². The van der Waals surface area contributed by atoms with E-state index in [-0.39, 0.29) is 29.8 Å². The number of carbonyl (C=O) groups is 2. The Morgan fingerprint density at radius 3 is 2.67 bits per heavy atom. The fourth-order valence-electron chi connectivity index (χ4n) is 6.88. The van der Waals surface area contributed by atoms with Crippen molar-refractivity contribution in [2.45, 2.75) is 78.4 Å². The molecule has 0 spiro atoms. The van der Waals surface area contributed by atoms with Crippen molar-refractivity contribution in [3.8, 4) is 0 Å². The Hall–Kier alpha value is -2.40. The molecule has 4 rings (SSSR count). The van der Waals surface area contributed by atoms with E-state index in [1.165, 1.54) is 18.4 Å². The van der Waals surface area contributed by atoms with Crippen LogP contribution < -0.4 is 0 Å². The summed E-state index contributed by atoms with van der Waals surface area (Å²) in [5, 5.41) is 9.46. The maximum atomic E-state index is 13.6. The second-order valence-corrected chi connectivity index (χ2v) is 11.2. The highest BCUT2D eigenvalue weighted by Crippen LogP contribution is 2.49. The molecule has 0 aromatic carbocycles. The number of H-pyrrole nitrogens is 1. The SMILES string of the molecule is CC/C(=C\C=C\C1C=CC2C(CC[C@@H]2CC)C1C(=O)c1ccc[nH]1)C1OC(C(C)C(=O)O)CC[C@@H]1C. The van der Waals surface area contributed by atoms with Crippen molar-refractivity contribution in [1.82, 2.24) is 4.98 Å². The van der Waals surface area contributed by atoms with Gasteiger partial charge in [-0.25, -0.2) is 0 Å². The highest BCUT2D eigenvalue weighted by molar-refractivity contribution is 5.97. The van der Waals surface area contributed by atoms with Crippen molar-refractivity contribution >= 4 is 11.8 Å². The summed E-state index contributed by atoms with van der Waals surface area (Å²) in [6, 6.07) is 3.80. The van der Waals surface area contributed by atoms with Gasteiger partial charge in [-0.3, -0.25) is 9.59 Å². The summed E-state index contributed by atoms with van der Waals surface area (Å²) in [5.41, 5.74) is 1.90. The van der Waals surface area contributed by atoms with Crippen LogP contribution in [-0.4, -0.2) is 34.1 Å². The number of allylic oxidation sites excluding steroid dienone is 5. The summed E-state index contributed by atoms with van der Waals surface area (Å²) >= 11 is 0. The molecule has 9 atom stereocenters. The summed E-state index contributed by atoms with van der Waals surface area (Å²) in [6.45, 7) is 8.33. The second-order valence-electron chi connectivity index (χ2n) is 11.2. The Bertz CT molecular complexity index is 990. The first kappa shape index (κ1) is 26.7. The van der Waals surface area contributed by atoms with Crippen LogP contribution in [0.2, 0.25) is 0 Å². The number of aliphatic carboxylic acids is 1. The Labute approximate surface area is 216 Å². The van der Waals surface area contributed by atoms with Crippen molar-refractivity contribution in [2.24, 2.45) is 41.4 Å². The van der Waals surface area contributed by atoms with Gasteiger partial charge in [0.15, 0.2) is 5.78 Å². The van der Waals surface area contributed by atoms with Gasteiger partial charge in [-0.1, -0.05) is 57.6 Å². The van der Waals surface area contributed by atoms with Crippen LogP contribution in [0, 0.1) is 41.4 Å². The number of ether oxygens (including phenoxy) is 1. The Balaban J connectivity index is 1.55.